The van der Waals surface area contributed by atoms with Gasteiger partial charge in [0.15, 0.2) is 0 Å². The molecule has 4 nitrogen and oxygen atoms in total. The summed E-state index contributed by atoms with van der Waals surface area (Å²) in [6.07, 6.45) is 2.12. The number of rotatable bonds is 6. The van der Waals surface area contributed by atoms with Gasteiger partial charge in [-0.3, -0.25) is 0 Å². The van der Waals surface area contributed by atoms with Gasteiger partial charge in [0.25, 0.3) is 0 Å². The molecule has 15 heavy (non-hydrogen) atoms. The van der Waals surface area contributed by atoms with Crippen molar-refractivity contribution >= 4 is 16.7 Å². The lowest BCUT2D eigenvalue weighted by atomic mass is 10.2. The second-order valence-electron chi connectivity index (χ2n) is 4.09. The topological polar surface area (TPSA) is 63.8 Å². The first-order valence-electron chi connectivity index (χ1n) is 5.43. The van der Waals surface area contributed by atoms with Crippen molar-refractivity contribution in [3.8, 4) is 0 Å². The maximum atomic E-state index is 5.46. The Morgan fingerprint density at radius 2 is 2.13 bits per heavy atom. The fourth-order valence-corrected chi connectivity index (χ4v) is 2.05. The van der Waals surface area contributed by atoms with Crippen LogP contribution in [0.1, 0.15) is 45.4 Å². The predicted molar refractivity (Wildman–Crippen MR) is 65.4 cm³/mol. The SMILES string of the molecule is CC(CCCN)Nc1nc(C(C)C)ns1. The van der Waals surface area contributed by atoms with Gasteiger partial charge in [0, 0.05) is 23.5 Å². The third-order valence-corrected chi connectivity index (χ3v) is 2.83. The van der Waals surface area contributed by atoms with Crippen LogP contribution >= 0.6 is 11.5 Å². The second kappa shape index (κ2) is 6.02. The molecule has 0 aliphatic rings. The molecule has 0 radical (unpaired) electrons. The average molecular weight is 228 g/mol. The minimum Gasteiger partial charge on any atom is -0.358 e. The Labute approximate surface area is 95.5 Å². The Bertz CT molecular complexity index is 285. The molecule has 1 atom stereocenters. The monoisotopic (exact) mass is 228 g/mol. The van der Waals surface area contributed by atoms with Crippen molar-refractivity contribution in [2.45, 2.75) is 45.6 Å². The highest BCUT2D eigenvalue weighted by Gasteiger charge is 2.09. The fraction of sp³-hybridized carbons (Fsp3) is 0.800. The summed E-state index contributed by atoms with van der Waals surface area (Å²) in [7, 11) is 0. The lowest BCUT2D eigenvalue weighted by molar-refractivity contribution is 0.662. The molecule has 0 aromatic carbocycles. The predicted octanol–water partition coefficient (Wildman–Crippen LogP) is 2.20. The maximum Gasteiger partial charge on any atom is 0.202 e. The molecule has 1 aromatic heterocycles. The molecule has 0 spiro atoms. The molecule has 5 heteroatoms. The molecule has 0 saturated carbocycles. The lowest BCUT2D eigenvalue weighted by Gasteiger charge is -2.11. The van der Waals surface area contributed by atoms with E-state index in [2.05, 4.69) is 35.4 Å². The summed E-state index contributed by atoms with van der Waals surface area (Å²) in [5, 5.41) is 4.26. The van der Waals surface area contributed by atoms with Gasteiger partial charge in [-0.05, 0) is 26.3 Å². The highest BCUT2D eigenvalue weighted by Crippen LogP contribution is 2.18. The van der Waals surface area contributed by atoms with Gasteiger partial charge >= 0.3 is 0 Å². The number of nitrogens with one attached hydrogen (secondary N) is 1. The molecule has 1 rings (SSSR count). The van der Waals surface area contributed by atoms with Gasteiger partial charge in [-0.15, -0.1) is 0 Å². The number of anilines is 1. The standard InChI is InChI=1S/C10H20N4S/c1-7(2)9-13-10(15-14-9)12-8(3)5-4-6-11/h7-8H,4-6,11H2,1-3H3,(H,12,13,14). The van der Waals surface area contributed by atoms with Crippen molar-refractivity contribution in [2.24, 2.45) is 5.73 Å². The van der Waals surface area contributed by atoms with E-state index in [-0.39, 0.29) is 0 Å². The first-order chi connectivity index (χ1) is 7.13. The van der Waals surface area contributed by atoms with Crippen molar-refractivity contribution in [3.05, 3.63) is 5.82 Å². The van der Waals surface area contributed by atoms with Gasteiger partial charge in [0.1, 0.15) is 5.82 Å². The van der Waals surface area contributed by atoms with Crippen LogP contribution in [0.2, 0.25) is 0 Å². The third kappa shape index (κ3) is 4.13. The normalized spacial score (nSPS) is 13.1. The number of nitrogens with two attached hydrogens (primary N) is 1. The van der Waals surface area contributed by atoms with E-state index in [1.165, 1.54) is 11.5 Å². The Morgan fingerprint density at radius 3 is 2.67 bits per heavy atom. The minimum atomic E-state index is 0.399. The third-order valence-electron chi connectivity index (χ3n) is 2.17. The minimum absolute atomic E-state index is 0.399. The molecule has 0 fully saturated rings. The smallest absolute Gasteiger partial charge is 0.202 e. The van der Waals surface area contributed by atoms with E-state index < -0.39 is 0 Å². The summed E-state index contributed by atoms with van der Waals surface area (Å²) in [5.74, 6) is 1.32. The van der Waals surface area contributed by atoms with E-state index in [1.54, 1.807) is 0 Å². The van der Waals surface area contributed by atoms with Crippen LogP contribution in [-0.2, 0) is 0 Å². The average Bonchev–Trinajstić information content (AvgIpc) is 2.63. The van der Waals surface area contributed by atoms with E-state index in [9.17, 15) is 0 Å². The molecule has 1 aromatic rings. The van der Waals surface area contributed by atoms with Crippen LogP contribution in [0.25, 0.3) is 0 Å². The Morgan fingerprint density at radius 1 is 1.40 bits per heavy atom. The fourth-order valence-electron chi connectivity index (χ4n) is 1.23. The largest absolute Gasteiger partial charge is 0.358 e. The number of nitrogens with zero attached hydrogens (tertiary/aromatic N) is 2. The van der Waals surface area contributed by atoms with Gasteiger partial charge in [0.05, 0.1) is 0 Å². The van der Waals surface area contributed by atoms with Crippen molar-refractivity contribution in [3.63, 3.8) is 0 Å². The van der Waals surface area contributed by atoms with Gasteiger partial charge in [-0.2, -0.15) is 4.37 Å². The molecule has 0 amide bonds. The zero-order valence-corrected chi connectivity index (χ0v) is 10.5. The van der Waals surface area contributed by atoms with E-state index in [1.807, 2.05) is 0 Å². The quantitative estimate of drug-likeness (QED) is 0.783. The van der Waals surface area contributed by atoms with Crippen molar-refractivity contribution < 1.29 is 0 Å². The number of hydrogen-bond donors (Lipinski definition) is 2. The molecule has 86 valence electrons. The van der Waals surface area contributed by atoms with Crippen molar-refractivity contribution in [2.75, 3.05) is 11.9 Å². The highest BCUT2D eigenvalue weighted by atomic mass is 32.1. The molecule has 0 aliphatic heterocycles. The molecule has 1 heterocycles. The molecule has 1 unspecified atom stereocenters. The van der Waals surface area contributed by atoms with Gasteiger partial charge < -0.3 is 11.1 Å². The summed E-state index contributed by atoms with van der Waals surface area (Å²) in [5.41, 5.74) is 5.46. The lowest BCUT2D eigenvalue weighted by Crippen LogP contribution is -2.16. The van der Waals surface area contributed by atoms with Crippen LogP contribution in [0.4, 0.5) is 5.13 Å². The van der Waals surface area contributed by atoms with Crippen LogP contribution in [-0.4, -0.2) is 21.9 Å². The van der Waals surface area contributed by atoms with Gasteiger partial charge in [0.2, 0.25) is 5.13 Å². The molecular formula is C10H20N4S. The van der Waals surface area contributed by atoms with Crippen LogP contribution in [0.5, 0.6) is 0 Å². The van der Waals surface area contributed by atoms with Gasteiger partial charge in [-0.25, -0.2) is 4.98 Å². The van der Waals surface area contributed by atoms with E-state index >= 15 is 0 Å². The second-order valence-corrected chi connectivity index (χ2v) is 4.84. The molecule has 0 bridgehead atoms. The summed E-state index contributed by atoms with van der Waals surface area (Å²) < 4.78 is 4.29. The Balaban J connectivity index is 2.42. The summed E-state index contributed by atoms with van der Waals surface area (Å²) >= 11 is 1.44. The molecule has 0 saturated heterocycles. The zero-order valence-electron chi connectivity index (χ0n) is 9.66. The summed E-state index contributed by atoms with van der Waals surface area (Å²) in [4.78, 5) is 4.42. The first kappa shape index (κ1) is 12.4. The van der Waals surface area contributed by atoms with Gasteiger partial charge in [-0.1, -0.05) is 13.8 Å². The Hall–Kier alpha value is -0.680. The molecular weight excluding hydrogens is 208 g/mol. The maximum absolute atomic E-state index is 5.46. The van der Waals surface area contributed by atoms with Crippen LogP contribution in [0.15, 0.2) is 0 Å². The summed E-state index contributed by atoms with van der Waals surface area (Å²) in [6, 6.07) is 0.418. The van der Waals surface area contributed by atoms with E-state index in [0.717, 1.165) is 30.3 Å². The van der Waals surface area contributed by atoms with E-state index in [0.29, 0.717) is 12.0 Å². The summed E-state index contributed by atoms with van der Waals surface area (Å²) in [6.45, 7) is 7.10. The van der Waals surface area contributed by atoms with E-state index in [4.69, 9.17) is 5.73 Å². The number of aromatic nitrogens is 2. The number of hydrogen-bond acceptors (Lipinski definition) is 5. The van der Waals surface area contributed by atoms with Crippen molar-refractivity contribution in [1.29, 1.82) is 0 Å². The molecule has 0 aliphatic carbocycles. The van der Waals surface area contributed by atoms with Crippen LogP contribution in [0.3, 0.4) is 0 Å². The van der Waals surface area contributed by atoms with Crippen LogP contribution in [0, 0.1) is 0 Å². The van der Waals surface area contributed by atoms with Crippen molar-refractivity contribution in [1.82, 2.24) is 9.36 Å². The first-order valence-corrected chi connectivity index (χ1v) is 6.21. The zero-order chi connectivity index (χ0) is 11.3. The van der Waals surface area contributed by atoms with Crippen LogP contribution < -0.4 is 11.1 Å². The Kier molecular flexibility index (Phi) is 4.98. The highest BCUT2D eigenvalue weighted by molar-refractivity contribution is 7.09. The molecule has 3 N–H and O–H groups in total.